The summed E-state index contributed by atoms with van der Waals surface area (Å²) in [7, 11) is 0. The van der Waals surface area contributed by atoms with Gasteiger partial charge in [-0.25, -0.2) is 5.48 Å². The number of rotatable bonds is 4. The maximum absolute atomic E-state index is 11.4. The van der Waals surface area contributed by atoms with Gasteiger partial charge in [-0.3, -0.25) is 9.63 Å². The Bertz CT molecular complexity index is 333. The summed E-state index contributed by atoms with van der Waals surface area (Å²) in [6.07, 6.45) is 0. The van der Waals surface area contributed by atoms with Crippen molar-refractivity contribution in [2.24, 2.45) is 0 Å². The average molecular weight is 239 g/mol. The molecule has 0 aliphatic heterocycles. The summed E-state index contributed by atoms with van der Waals surface area (Å²) in [5.41, 5.74) is 2.08. The lowest BCUT2D eigenvalue weighted by molar-refractivity contribution is -0.142. The quantitative estimate of drug-likeness (QED) is 0.648. The number of amides is 1. The fraction of sp³-hybridized carbons (Fsp3) is 0.417. The summed E-state index contributed by atoms with van der Waals surface area (Å²) in [5, 5.41) is 0. The van der Waals surface area contributed by atoms with Crippen molar-refractivity contribution in [2.45, 2.75) is 31.3 Å². The lowest BCUT2D eigenvalue weighted by atomic mass is 10.2. The Morgan fingerprint density at radius 3 is 2.50 bits per heavy atom. The number of carbonyl (C=O) groups is 1. The van der Waals surface area contributed by atoms with E-state index < -0.39 is 0 Å². The van der Waals surface area contributed by atoms with Crippen LogP contribution in [0.1, 0.15) is 20.8 Å². The van der Waals surface area contributed by atoms with Crippen molar-refractivity contribution in [3.05, 3.63) is 30.3 Å². The van der Waals surface area contributed by atoms with Crippen LogP contribution in [0.4, 0.5) is 0 Å². The van der Waals surface area contributed by atoms with Crippen LogP contribution in [-0.4, -0.2) is 17.3 Å². The highest BCUT2D eigenvalue weighted by molar-refractivity contribution is 8.00. The molecule has 0 aliphatic carbocycles. The molecule has 0 atom stereocenters. The second-order valence-electron chi connectivity index (χ2n) is 4.34. The maximum Gasteiger partial charge on any atom is 0.253 e. The molecule has 0 aliphatic rings. The molecule has 1 aromatic rings. The fourth-order valence-corrected chi connectivity index (χ4v) is 1.61. The van der Waals surface area contributed by atoms with Gasteiger partial charge in [0.1, 0.15) is 0 Å². The molecule has 1 amide bonds. The molecule has 0 aromatic heterocycles. The molecule has 0 spiro atoms. The SMILES string of the molecule is CC(C)(C)ONC(=O)CSc1ccccc1. The summed E-state index contributed by atoms with van der Waals surface area (Å²) in [6, 6.07) is 9.80. The molecule has 88 valence electrons. The van der Waals surface area contributed by atoms with Crippen LogP contribution in [0.5, 0.6) is 0 Å². The van der Waals surface area contributed by atoms with Crippen molar-refractivity contribution in [3.63, 3.8) is 0 Å². The number of thioether (sulfide) groups is 1. The minimum Gasteiger partial charge on any atom is -0.272 e. The monoisotopic (exact) mass is 239 g/mol. The van der Waals surface area contributed by atoms with Gasteiger partial charge >= 0.3 is 0 Å². The predicted octanol–water partition coefficient (Wildman–Crippen LogP) is 2.63. The van der Waals surface area contributed by atoms with E-state index in [2.05, 4.69) is 5.48 Å². The third kappa shape index (κ3) is 5.78. The van der Waals surface area contributed by atoms with E-state index in [0.717, 1.165) is 4.90 Å². The molecule has 1 N–H and O–H groups in total. The maximum atomic E-state index is 11.4. The average Bonchev–Trinajstić information content (AvgIpc) is 2.24. The number of hydrogen-bond donors (Lipinski definition) is 1. The Kier molecular flexibility index (Phi) is 4.83. The topological polar surface area (TPSA) is 38.3 Å². The zero-order valence-corrected chi connectivity index (χ0v) is 10.6. The number of nitrogens with one attached hydrogen (secondary N) is 1. The first-order valence-electron chi connectivity index (χ1n) is 5.12. The zero-order chi connectivity index (χ0) is 12.0. The van der Waals surface area contributed by atoms with Gasteiger partial charge in [0.2, 0.25) is 0 Å². The van der Waals surface area contributed by atoms with Gasteiger partial charge in [0.15, 0.2) is 0 Å². The summed E-state index contributed by atoms with van der Waals surface area (Å²) in [4.78, 5) is 17.6. The normalized spacial score (nSPS) is 11.2. The Morgan fingerprint density at radius 2 is 1.94 bits per heavy atom. The molecule has 0 heterocycles. The van der Waals surface area contributed by atoms with Gasteiger partial charge < -0.3 is 0 Å². The fourth-order valence-electron chi connectivity index (χ4n) is 0.905. The first-order chi connectivity index (χ1) is 7.47. The summed E-state index contributed by atoms with van der Waals surface area (Å²) in [5.74, 6) is 0.240. The Labute approximate surface area is 101 Å². The minimum absolute atomic E-state index is 0.122. The van der Waals surface area contributed by atoms with E-state index in [1.807, 2.05) is 51.1 Å². The third-order valence-corrected chi connectivity index (χ3v) is 2.60. The Balaban J connectivity index is 2.26. The minimum atomic E-state index is -0.354. The second-order valence-corrected chi connectivity index (χ2v) is 5.39. The molecule has 1 rings (SSSR count). The van der Waals surface area contributed by atoms with E-state index in [9.17, 15) is 4.79 Å². The van der Waals surface area contributed by atoms with Crippen LogP contribution < -0.4 is 5.48 Å². The van der Waals surface area contributed by atoms with Gasteiger partial charge in [0.05, 0.1) is 11.4 Å². The molecular formula is C12H17NO2S. The van der Waals surface area contributed by atoms with Crippen molar-refractivity contribution >= 4 is 17.7 Å². The Morgan fingerprint density at radius 1 is 1.31 bits per heavy atom. The van der Waals surface area contributed by atoms with E-state index in [-0.39, 0.29) is 11.5 Å². The largest absolute Gasteiger partial charge is 0.272 e. The first kappa shape index (κ1) is 13.1. The van der Waals surface area contributed by atoms with Crippen LogP contribution >= 0.6 is 11.8 Å². The van der Waals surface area contributed by atoms with Crippen molar-refractivity contribution < 1.29 is 9.63 Å². The van der Waals surface area contributed by atoms with Gasteiger partial charge in [0.25, 0.3) is 5.91 Å². The van der Waals surface area contributed by atoms with Crippen LogP contribution in [0.25, 0.3) is 0 Å². The number of hydroxylamine groups is 1. The van der Waals surface area contributed by atoms with Crippen molar-refractivity contribution in [1.29, 1.82) is 0 Å². The van der Waals surface area contributed by atoms with Gasteiger partial charge in [-0.05, 0) is 32.9 Å². The molecule has 0 unspecified atom stereocenters. The lowest BCUT2D eigenvalue weighted by Gasteiger charge is -2.18. The van der Waals surface area contributed by atoms with E-state index in [0.29, 0.717) is 5.75 Å². The molecule has 3 nitrogen and oxygen atoms in total. The highest BCUT2D eigenvalue weighted by atomic mass is 32.2. The molecule has 0 saturated carbocycles. The van der Waals surface area contributed by atoms with Gasteiger partial charge in [0, 0.05) is 4.90 Å². The Hall–Kier alpha value is -1.00. The van der Waals surface area contributed by atoms with E-state index in [1.165, 1.54) is 11.8 Å². The van der Waals surface area contributed by atoms with Crippen LogP contribution in [0.3, 0.4) is 0 Å². The highest BCUT2D eigenvalue weighted by Crippen LogP contribution is 2.16. The molecule has 1 aromatic carbocycles. The van der Waals surface area contributed by atoms with E-state index >= 15 is 0 Å². The van der Waals surface area contributed by atoms with Crippen molar-refractivity contribution in [3.8, 4) is 0 Å². The molecule has 16 heavy (non-hydrogen) atoms. The molecule has 0 radical (unpaired) electrons. The van der Waals surface area contributed by atoms with Crippen molar-refractivity contribution in [2.75, 3.05) is 5.75 Å². The van der Waals surface area contributed by atoms with Gasteiger partial charge in [-0.1, -0.05) is 18.2 Å². The van der Waals surface area contributed by atoms with Gasteiger partial charge in [-0.15, -0.1) is 11.8 Å². The van der Waals surface area contributed by atoms with E-state index in [1.54, 1.807) is 0 Å². The van der Waals surface area contributed by atoms with Crippen LogP contribution in [0.2, 0.25) is 0 Å². The van der Waals surface area contributed by atoms with Crippen LogP contribution in [0.15, 0.2) is 35.2 Å². The standard InChI is InChI=1S/C12H17NO2S/c1-12(2,3)15-13-11(14)9-16-10-7-5-4-6-8-10/h4-8H,9H2,1-3H3,(H,13,14). The molecule has 4 heteroatoms. The zero-order valence-electron chi connectivity index (χ0n) is 9.82. The first-order valence-corrected chi connectivity index (χ1v) is 6.11. The predicted molar refractivity (Wildman–Crippen MR) is 66.1 cm³/mol. The molecule has 0 bridgehead atoms. The molecule has 0 fully saturated rings. The number of benzene rings is 1. The third-order valence-electron chi connectivity index (χ3n) is 1.58. The highest BCUT2D eigenvalue weighted by Gasteiger charge is 2.12. The van der Waals surface area contributed by atoms with Gasteiger partial charge in [-0.2, -0.15) is 0 Å². The molecule has 0 saturated heterocycles. The van der Waals surface area contributed by atoms with Crippen LogP contribution in [0, 0.1) is 0 Å². The number of carbonyl (C=O) groups excluding carboxylic acids is 1. The number of hydrogen-bond acceptors (Lipinski definition) is 3. The summed E-state index contributed by atoms with van der Waals surface area (Å²) < 4.78 is 0. The smallest absolute Gasteiger partial charge is 0.253 e. The molecular weight excluding hydrogens is 222 g/mol. The summed E-state index contributed by atoms with van der Waals surface area (Å²) in [6.45, 7) is 5.66. The lowest BCUT2D eigenvalue weighted by Crippen LogP contribution is -2.34. The summed E-state index contributed by atoms with van der Waals surface area (Å²) >= 11 is 1.49. The van der Waals surface area contributed by atoms with Crippen LogP contribution in [-0.2, 0) is 9.63 Å². The van der Waals surface area contributed by atoms with Crippen molar-refractivity contribution in [1.82, 2.24) is 5.48 Å². The second kappa shape index (κ2) is 5.92. The van der Waals surface area contributed by atoms with E-state index in [4.69, 9.17) is 4.84 Å².